The predicted octanol–water partition coefficient (Wildman–Crippen LogP) is 1.93. The number of amides is 1. The number of nitrogens with one attached hydrogen (secondary N) is 1. The van der Waals surface area contributed by atoms with E-state index in [-0.39, 0.29) is 18.7 Å². The third-order valence-corrected chi connectivity index (χ3v) is 7.30. The second-order valence-corrected chi connectivity index (χ2v) is 10.5. The van der Waals surface area contributed by atoms with Gasteiger partial charge in [-0.2, -0.15) is 0 Å². The van der Waals surface area contributed by atoms with Gasteiger partial charge in [0.15, 0.2) is 0 Å². The first-order valence-electron chi connectivity index (χ1n) is 14.2. The lowest BCUT2D eigenvalue weighted by Gasteiger charge is -2.40. The van der Waals surface area contributed by atoms with E-state index in [0.29, 0.717) is 6.42 Å². The largest absolute Gasteiger partial charge is 0.394 e. The minimum atomic E-state index is -1.47. The van der Waals surface area contributed by atoms with E-state index in [1.54, 1.807) is 0 Å². The van der Waals surface area contributed by atoms with E-state index in [4.69, 9.17) is 4.74 Å². The van der Waals surface area contributed by atoms with Gasteiger partial charge in [-0.3, -0.25) is 4.79 Å². The molecule has 1 fully saturated rings. The summed E-state index contributed by atoms with van der Waals surface area (Å²) in [6.07, 6.45) is 6.90. The average molecular weight is 520 g/mol. The molecular weight excluding hydrogens is 466 g/mol. The third-order valence-electron chi connectivity index (χ3n) is 7.30. The molecule has 2 unspecified atom stereocenters. The first-order chi connectivity index (χ1) is 17.2. The van der Waals surface area contributed by atoms with Gasteiger partial charge in [-0.25, -0.2) is 0 Å². The summed E-state index contributed by atoms with van der Waals surface area (Å²) in [6, 6.07) is -0.762. The van der Waals surface area contributed by atoms with E-state index in [1.807, 2.05) is 0 Å². The highest BCUT2D eigenvalue weighted by molar-refractivity contribution is 5.73. The molecular formula is C27H53NO8. The van der Waals surface area contributed by atoms with Gasteiger partial charge in [0.2, 0.25) is 5.91 Å². The van der Waals surface area contributed by atoms with Crippen LogP contribution in [0.3, 0.4) is 0 Å². The molecule has 0 bridgehead atoms. The van der Waals surface area contributed by atoms with Gasteiger partial charge in [-0.1, -0.05) is 84.0 Å². The van der Waals surface area contributed by atoms with Crippen LogP contribution in [0.25, 0.3) is 0 Å². The first kappa shape index (κ1) is 33.2. The molecule has 1 amide bonds. The standard InChI is InChI=1S/C27H53NO8/c1-3-4-5-6-7-8-9-10-11-12-13-14-15-21(31)24(32)20(28-19(2)30)16-17-22-25(33)27(35)26(34)23(18-29)36-22/h20-27,29,31-35H,3-18H2,1-2H3,(H,28,30)/t20-,21+,22+,23?,24-,25?,26-,27+/m0/s1. The number of ether oxygens (including phenoxy) is 1. The van der Waals surface area contributed by atoms with Crippen molar-refractivity contribution in [2.75, 3.05) is 6.61 Å². The zero-order valence-electron chi connectivity index (χ0n) is 22.4. The highest BCUT2D eigenvalue weighted by Crippen LogP contribution is 2.25. The number of hydrogen-bond acceptors (Lipinski definition) is 8. The molecule has 8 atom stereocenters. The number of carbonyl (C=O) groups is 1. The van der Waals surface area contributed by atoms with Gasteiger partial charge in [0.1, 0.15) is 24.4 Å². The summed E-state index contributed by atoms with van der Waals surface area (Å²) in [4.78, 5) is 11.7. The molecule has 1 aliphatic heterocycles. The highest BCUT2D eigenvalue weighted by atomic mass is 16.5. The number of rotatable bonds is 20. The van der Waals surface area contributed by atoms with E-state index >= 15 is 0 Å². The Kier molecular flexibility index (Phi) is 17.8. The van der Waals surface area contributed by atoms with Gasteiger partial charge in [-0.05, 0) is 19.3 Å². The van der Waals surface area contributed by atoms with Gasteiger partial charge in [-0.15, -0.1) is 0 Å². The fourth-order valence-electron chi connectivity index (χ4n) is 4.98. The molecule has 9 heteroatoms. The molecule has 1 aliphatic rings. The summed E-state index contributed by atoms with van der Waals surface area (Å²) in [5.74, 6) is -0.356. The predicted molar refractivity (Wildman–Crippen MR) is 138 cm³/mol. The molecule has 36 heavy (non-hydrogen) atoms. The van der Waals surface area contributed by atoms with Gasteiger partial charge in [0.05, 0.1) is 31.0 Å². The summed E-state index contributed by atoms with van der Waals surface area (Å²) in [5.41, 5.74) is 0. The van der Waals surface area contributed by atoms with E-state index in [9.17, 15) is 35.4 Å². The van der Waals surface area contributed by atoms with Crippen molar-refractivity contribution in [3.63, 3.8) is 0 Å². The smallest absolute Gasteiger partial charge is 0.217 e. The number of unbranched alkanes of at least 4 members (excludes halogenated alkanes) is 11. The topological polar surface area (TPSA) is 160 Å². The maximum absolute atomic E-state index is 11.7. The van der Waals surface area contributed by atoms with E-state index < -0.39 is 55.4 Å². The lowest BCUT2D eigenvalue weighted by molar-refractivity contribution is -0.231. The number of carbonyl (C=O) groups excluding carboxylic acids is 1. The van der Waals surface area contributed by atoms with Crippen LogP contribution >= 0.6 is 0 Å². The fraction of sp³-hybridized carbons (Fsp3) is 0.963. The van der Waals surface area contributed by atoms with Crippen molar-refractivity contribution in [3.8, 4) is 0 Å². The van der Waals surface area contributed by atoms with E-state index in [0.717, 1.165) is 19.3 Å². The quantitative estimate of drug-likeness (QED) is 0.120. The minimum Gasteiger partial charge on any atom is -0.394 e. The Labute approximate surface area is 217 Å². The Morgan fingerprint density at radius 2 is 1.28 bits per heavy atom. The number of aliphatic hydroxyl groups is 6. The van der Waals surface area contributed by atoms with E-state index in [2.05, 4.69) is 12.2 Å². The summed E-state index contributed by atoms with van der Waals surface area (Å²) >= 11 is 0. The zero-order chi connectivity index (χ0) is 26.9. The van der Waals surface area contributed by atoms with Crippen molar-refractivity contribution in [2.24, 2.45) is 0 Å². The molecule has 1 heterocycles. The van der Waals surface area contributed by atoms with Crippen LogP contribution in [-0.2, 0) is 9.53 Å². The molecule has 9 nitrogen and oxygen atoms in total. The molecule has 0 aliphatic carbocycles. The maximum atomic E-state index is 11.7. The van der Waals surface area contributed by atoms with Crippen LogP contribution in [-0.4, -0.2) is 91.9 Å². The van der Waals surface area contributed by atoms with Crippen molar-refractivity contribution >= 4 is 5.91 Å². The lowest BCUT2D eigenvalue weighted by atomic mass is 9.90. The molecule has 214 valence electrons. The summed E-state index contributed by atoms with van der Waals surface area (Å²) in [5, 5.41) is 63.3. The average Bonchev–Trinajstić information content (AvgIpc) is 2.86. The van der Waals surface area contributed by atoms with Crippen LogP contribution in [0.4, 0.5) is 0 Å². The van der Waals surface area contributed by atoms with Crippen LogP contribution in [0.1, 0.15) is 110 Å². The number of aliphatic hydroxyl groups excluding tert-OH is 6. The molecule has 0 saturated carbocycles. The van der Waals surface area contributed by atoms with Gasteiger partial charge >= 0.3 is 0 Å². The Morgan fingerprint density at radius 3 is 1.78 bits per heavy atom. The Morgan fingerprint density at radius 1 is 0.778 bits per heavy atom. The monoisotopic (exact) mass is 519 g/mol. The van der Waals surface area contributed by atoms with Crippen molar-refractivity contribution in [1.29, 1.82) is 0 Å². The molecule has 0 aromatic rings. The molecule has 0 aromatic carbocycles. The van der Waals surface area contributed by atoms with Crippen LogP contribution in [0.15, 0.2) is 0 Å². The minimum absolute atomic E-state index is 0.148. The third kappa shape index (κ3) is 12.6. The van der Waals surface area contributed by atoms with Crippen LogP contribution in [0.2, 0.25) is 0 Å². The second kappa shape index (κ2) is 19.3. The van der Waals surface area contributed by atoms with Crippen LogP contribution in [0, 0.1) is 0 Å². The normalized spacial score (nSPS) is 26.9. The summed E-state index contributed by atoms with van der Waals surface area (Å²) < 4.78 is 5.51. The molecule has 1 saturated heterocycles. The van der Waals surface area contributed by atoms with Gasteiger partial charge < -0.3 is 40.7 Å². The van der Waals surface area contributed by atoms with Crippen molar-refractivity contribution in [3.05, 3.63) is 0 Å². The number of hydrogen-bond donors (Lipinski definition) is 7. The highest BCUT2D eigenvalue weighted by Gasteiger charge is 2.43. The summed E-state index contributed by atoms with van der Waals surface area (Å²) in [6.45, 7) is 3.04. The molecule has 0 radical (unpaired) electrons. The summed E-state index contributed by atoms with van der Waals surface area (Å²) in [7, 11) is 0. The molecule has 0 aromatic heterocycles. The Hall–Kier alpha value is -0.810. The fourth-order valence-corrected chi connectivity index (χ4v) is 4.98. The lowest BCUT2D eigenvalue weighted by Crippen LogP contribution is -2.58. The van der Waals surface area contributed by atoms with Crippen molar-refractivity contribution in [2.45, 2.75) is 159 Å². The molecule has 7 N–H and O–H groups in total. The Bertz CT molecular complexity index is 564. The Balaban J connectivity index is 2.34. The van der Waals surface area contributed by atoms with Crippen LogP contribution < -0.4 is 5.32 Å². The van der Waals surface area contributed by atoms with Crippen molar-refractivity contribution in [1.82, 2.24) is 5.32 Å². The van der Waals surface area contributed by atoms with Crippen molar-refractivity contribution < 1.29 is 40.2 Å². The van der Waals surface area contributed by atoms with E-state index in [1.165, 1.54) is 64.7 Å². The molecule has 1 rings (SSSR count). The second-order valence-electron chi connectivity index (χ2n) is 10.5. The molecule has 0 spiro atoms. The first-order valence-corrected chi connectivity index (χ1v) is 14.2. The van der Waals surface area contributed by atoms with Gasteiger partial charge in [0, 0.05) is 6.92 Å². The zero-order valence-corrected chi connectivity index (χ0v) is 22.4. The van der Waals surface area contributed by atoms with Crippen LogP contribution in [0.5, 0.6) is 0 Å². The maximum Gasteiger partial charge on any atom is 0.217 e. The SMILES string of the molecule is CCCCCCCCCCCCCC[C@@H](O)[C@@H](O)[C@H](CC[C@H]1OC(CO)[C@H](O)[C@H](O)C1O)NC(C)=O. The van der Waals surface area contributed by atoms with Gasteiger partial charge in [0.25, 0.3) is 0 Å².